The highest BCUT2D eigenvalue weighted by Gasteiger charge is 2.53. The van der Waals surface area contributed by atoms with E-state index in [-0.39, 0.29) is 0 Å². The molecule has 0 atom stereocenters. The SMILES string of the molecule is Cc1ccc(N(c2ccccc2)c2ccc3cc4c(cc3c2)C2(c3ccccc3-c3ccccc32)c2c-4c3ccccc3c3cc(N(c4ccccc4)c4ccc(C)cc4C)ccc23)c(C)c1. The lowest BCUT2D eigenvalue weighted by atomic mass is 9.69. The van der Waals surface area contributed by atoms with Gasteiger partial charge in [0, 0.05) is 34.1 Å². The summed E-state index contributed by atoms with van der Waals surface area (Å²) in [6, 6.07) is 82.1. The standard InChI is InChI=1S/C65H48N2/c1-41-27-33-61(43(3)35-41)66(47-17-7-5-8-18-47)49-30-29-45-38-57-60(39-46(45)37-49)65(58-25-15-13-22-52(58)53-23-14-16-26-59(53)65)64-55-32-31-50(40-56(55)51-21-11-12-24-54(51)63(57)64)67(48-19-9-6-10-20-48)62-34-28-42(2)36-44(62)4/h5-40H,1-4H3. The summed E-state index contributed by atoms with van der Waals surface area (Å²) >= 11 is 0. The predicted octanol–water partition coefficient (Wildman–Crippen LogP) is 17.7. The maximum Gasteiger partial charge on any atom is 0.0731 e. The fourth-order valence-corrected chi connectivity index (χ4v) is 12.0. The van der Waals surface area contributed by atoms with E-state index in [9.17, 15) is 0 Å². The Hall–Kier alpha value is -8.20. The molecule has 0 radical (unpaired) electrons. The number of hydrogen-bond donors (Lipinski definition) is 0. The first-order chi connectivity index (χ1) is 32.9. The van der Waals surface area contributed by atoms with Crippen LogP contribution in [0.1, 0.15) is 44.5 Å². The van der Waals surface area contributed by atoms with Gasteiger partial charge in [0.2, 0.25) is 0 Å². The van der Waals surface area contributed by atoms with Gasteiger partial charge in [0.25, 0.3) is 0 Å². The van der Waals surface area contributed by atoms with Crippen LogP contribution < -0.4 is 9.80 Å². The van der Waals surface area contributed by atoms with Crippen LogP contribution in [0.3, 0.4) is 0 Å². The van der Waals surface area contributed by atoms with Crippen molar-refractivity contribution in [3.05, 3.63) is 263 Å². The number of aryl methyl sites for hydroxylation is 4. The molecule has 0 unspecified atom stereocenters. The molecule has 67 heavy (non-hydrogen) atoms. The van der Waals surface area contributed by atoms with Crippen LogP contribution in [0.15, 0.2) is 218 Å². The quantitative estimate of drug-likeness (QED) is 0.154. The van der Waals surface area contributed by atoms with Crippen LogP contribution >= 0.6 is 0 Å². The van der Waals surface area contributed by atoms with Gasteiger partial charge in [-0.3, -0.25) is 0 Å². The third-order valence-corrected chi connectivity index (χ3v) is 14.7. The Labute approximate surface area is 392 Å². The molecule has 2 aliphatic carbocycles. The third kappa shape index (κ3) is 5.76. The Kier molecular flexibility index (Phi) is 8.73. The Morgan fingerprint density at radius 3 is 1.43 bits per heavy atom. The molecule has 0 N–H and O–H groups in total. The molecule has 0 fully saturated rings. The molecule has 2 nitrogen and oxygen atoms in total. The summed E-state index contributed by atoms with van der Waals surface area (Å²) < 4.78 is 0. The molecule has 11 aromatic rings. The number of fused-ring (bicyclic) bond motifs is 16. The summed E-state index contributed by atoms with van der Waals surface area (Å²) in [7, 11) is 0. The first-order valence-corrected chi connectivity index (χ1v) is 23.5. The molecular formula is C65H48N2. The number of rotatable bonds is 6. The molecular weight excluding hydrogens is 809 g/mol. The summed E-state index contributed by atoms with van der Waals surface area (Å²) in [4.78, 5) is 4.85. The Balaban J connectivity index is 1.12. The molecule has 11 aromatic carbocycles. The molecule has 0 aliphatic heterocycles. The lowest BCUT2D eigenvalue weighted by Crippen LogP contribution is -2.26. The largest absolute Gasteiger partial charge is 0.310 e. The monoisotopic (exact) mass is 856 g/mol. The van der Waals surface area contributed by atoms with Crippen molar-refractivity contribution in [1.82, 2.24) is 0 Å². The van der Waals surface area contributed by atoms with Gasteiger partial charge in [-0.25, -0.2) is 0 Å². The first-order valence-electron chi connectivity index (χ1n) is 23.5. The van der Waals surface area contributed by atoms with Gasteiger partial charge in [0.15, 0.2) is 0 Å². The molecule has 0 saturated heterocycles. The molecule has 13 rings (SSSR count). The molecule has 0 aromatic heterocycles. The van der Waals surface area contributed by atoms with Crippen LogP contribution in [0, 0.1) is 27.7 Å². The minimum Gasteiger partial charge on any atom is -0.310 e. The molecule has 2 heteroatoms. The van der Waals surface area contributed by atoms with E-state index in [0.717, 1.165) is 22.7 Å². The van der Waals surface area contributed by atoms with E-state index in [1.54, 1.807) is 0 Å². The van der Waals surface area contributed by atoms with Gasteiger partial charge >= 0.3 is 0 Å². The van der Waals surface area contributed by atoms with Crippen molar-refractivity contribution in [2.45, 2.75) is 33.1 Å². The van der Waals surface area contributed by atoms with Crippen molar-refractivity contribution < 1.29 is 0 Å². The third-order valence-electron chi connectivity index (χ3n) is 14.7. The first kappa shape index (κ1) is 39.2. The molecule has 0 bridgehead atoms. The van der Waals surface area contributed by atoms with Crippen LogP contribution in [0.25, 0.3) is 54.6 Å². The van der Waals surface area contributed by atoms with E-state index in [4.69, 9.17) is 0 Å². The average molecular weight is 857 g/mol. The van der Waals surface area contributed by atoms with E-state index in [0.29, 0.717) is 0 Å². The van der Waals surface area contributed by atoms with E-state index in [1.807, 2.05) is 0 Å². The highest BCUT2D eigenvalue weighted by atomic mass is 15.1. The summed E-state index contributed by atoms with van der Waals surface area (Å²) in [5.74, 6) is 0. The Bertz CT molecular complexity index is 3760. The van der Waals surface area contributed by atoms with Crippen LogP contribution in [-0.4, -0.2) is 0 Å². The molecule has 0 saturated carbocycles. The van der Waals surface area contributed by atoms with Crippen LogP contribution in [-0.2, 0) is 5.41 Å². The van der Waals surface area contributed by atoms with Gasteiger partial charge in [-0.15, -0.1) is 0 Å². The van der Waals surface area contributed by atoms with Crippen LogP contribution in [0.5, 0.6) is 0 Å². The molecule has 2 aliphatic rings. The van der Waals surface area contributed by atoms with Crippen molar-refractivity contribution in [2.75, 3.05) is 9.80 Å². The van der Waals surface area contributed by atoms with E-state index in [1.165, 1.54) is 110 Å². The van der Waals surface area contributed by atoms with E-state index >= 15 is 0 Å². The summed E-state index contributed by atoms with van der Waals surface area (Å²) in [6.45, 7) is 8.80. The van der Waals surface area contributed by atoms with E-state index < -0.39 is 5.41 Å². The highest BCUT2D eigenvalue weighted by Crippen LogP contribution is 2.66. The van der Waals surface area contributed by atoms with Crippen LogP contribution in [0.4, 0.5) is 34.1 Å². The van der Waals surface area contributed by atoms with E-state index in [2.05, 4.69) is 256 Å². The topological polar surface area (TPSA) is 6.48 Å². The molecule has 1 spiro atoms. The fourth-order valence-electron chi connectivity index (χ4n) is 12.0. The maximum atomic E-state index is 2.55. The van der Waals surface area contributed by atoms with Gasteiger partial charge in [-0.1, -0.05) is 157 Å². The number of hydrogen-bond acceptors (Lipinski definition) is 2. The molecule has 318 valence electrons. The maximum absolute atomic E-state index is 2.55. The van der Waals surface area contributed by atoms with Gasteiger partial charge in [0.1, 0.15) is 0 Å². The second-order valence-electron chi connectivity index (χ2n) is 18.7. The fraction of sp³-hybridized carbons (Fsp3) is 0.0769. The van der Waals surface area contributed by atoms with Gasteiger partial charge in [-0.05, 0) is 188 Å². The zero-order valence-corrected chi connectivity index (χ0v) is 38.2. The predicted molar refractivity (Wildman–Crippen MR) is 284 cm³/mol. The highest BCUT2D eigenvalue weighted by molar-refractivity contribution is 6.21. The summed E-state index contributed by atoms with van der Waals surface area (Å²) in [5.41, 5.74) is 22.0. The zero-order valence-electron chi connectivity index (χ0n) is 38.2. The smallest absolute Gasteiger partial charge is 0.0731 e. The normalized spacial score (nSPS) is 12.9. The number of benzene rings is 11. The zero-order chi connectivity index (χ0) is 45.0. The molecule has 0 heterocycles. The number of para-hydroxylation sites is 2. The number of nitrogens with zero attached hydrogens (tertiary/aromatic N) is 2. The van der Waals surface area contributed by atoms with Crippen molar-refractivity contribution in [3.8, 4) is 22.3 Å². The minimum absolute atomic E-state index is 0.564. The lowest BCUT2D eigenvalue weighted by molar-refractivity contribution is 0.803. The summed E-state index contributed by atoms with van der Waals surface area (Å²) in [5, 5.41) is 7.52. The second kappa shape index (κ2) is 14.9. The Morgan fingerprint density at radius 2 is 0.836 bits per heavy atom. The van der Waals surface area contributed by atoms with Crippen molar-refractivity contribution in [2.24, 2.45) is 0 Å². The Morgan fingerprint density at radius 1 is 0.313 bits per heavy atom. The summed E-state index contributed by atoms with van der Waals surface area (Å²) in [6.07, 6.45) is 0. The second-order valence-corrected chi connectivity index (χ2v) is 18.7. The van der Waals surface area contributed by atoms with Gasteiger partial charge < -0.3 is 9.80 Å². The van der Waals surface area contributed by atoms with Crippen molar-refractivity contribution in [3.63, 3.8) is 0 Å². The molecule has 0 amide bonds. The van der Waals surface area contributed by atoms with Gasteiger partial charge in [0.05, 0.1) is 5.41 Å². The van der Waals surface area contributed by atoms with Crippen LogP contribution in [0.2, 0.25) is 0 Å². The lowest BCUT2D eigenvalue weighted by Gasteiger charge is -2.32. The van der Waals surface area contributed by atoms with Crippen molar-refractivity contribution in [1.29, 1.82) is 0 Å². The minimum atomic E-state index is -0.564. The van der Waals surface area contributed by atoms with Gasteiger partial charge in [-0.2, -0.15) is 0 Å². The van der Waals surface area contributed by atoms with Crippen molar-refractivity contribution >= 4 is 66.4 Å². The average Bonchev–Trinajstić information content (AvgIpc) is 3.82. The number of anilines is 6.